The minimum absolute atomic E-state index is 0.0458. The van der Waals surface area contributed by atoms with E-state index in [2.05, 4.69) is 9.64 Å². The summed E-state index contributed by atoms with van der Waals surface area (Å²) in [6, 6.07) is 7.77. The van der Waals surface area contributed by atoms with Crippen molar-refractivity contribution in [2.75, 3.05) is 31.1 Å². The number of fused-ring (bicyclic) bond motifs is 1. The van der Waals surface area contributed by atoms with Crippen molar-refractivity contribution in [1.29, 1.82) is 5.41 Å². The number of aromatic nitrogens is 1. The standard InChI is InChI=1S/C33H39F3N4O5/c1-32(2,3)23-16-22(26(41)19-40-18-21-11-12-24(20-9-10-20)38-28(21)30(40)37)17-25(39-13-5-6-14-39)29(23)44-15-7-4-8-27(42)45-31(43)33(34,35)36/h11-12,16-17,20,37H,4-10,13-15,18-19H2,1-3H3. The van der Waals surface area contributed by atoms with E-state index in [4.69, 9.17) is 15.1 Å². The second kappa shape index (κ2) is 12.8. The van der Waals surface area contributed by atoms with E-state index in [1.165, 1.54) is 0 Å². The number of nitrogens with zero attached hydrogens (tertiary/aromatic N) is 3. The zero-order valence-corrected chi connectivity index (χ0v) is 25.9. The molecule has 0 atom stereocenters. The predicted octanol–water partition coefficient (Wildman–Crippen LogP) is 6.06. The van der Waals surface area contributed by atoms with Crippen LogP contribution in [0.25, 0.3) is 0 Å². The summed E-state index contributed by atoms with van der Waals surface area (Å²) < 4.78 is 47.2. The molecule has 0 radical (unpaired) electrons. The van der Waals surface area contributed by atoms with E-state index in [-0.39, 0.29) is 37.6 Å². The highest BCUT2D eigenvalue weighted by molar-refractivity contribution is 6.05. The van der Waals surface area contributed by atoms with Crippen LogP contribution in [0.4, 0.5) is 18.9 Å². The quantitative estimate of drug-likeness (QED) is 0.138. The number of unbranched alkanes of at least 4 members (excludes halogenated alkanes) is 1. The Labute approximate surface area is 260 Å². The van der Waals surface area contributed by atoms with Gasteiger partial charge in [-0.3, -0.25) is 15.0 Å². The molecule has 3 heterocycles. The maximum Gasteiger partial charge on any atom is 0.491 e. The van der Waals surface area contributed by atoms with Gasteiger partial charge in [-0.2, -0.15) is 13.2 Å². The summed E-state index contributed by atoms with van der Waals surface area (Å²) in [5.41, 5.74) is 4.39. The van der Waals surface area contributed by atoms with Gasteiger partial charge in [-0.15, -0.1) is 0 Å². The number of halogens is 3. The van der Waals surface area contributed by atoms with E-state index in [1.807, 2.05) is 45.0 Å². The third-order valence-corrected chi connectivity index (χ3v) is 8.34. The van der Waals surface area contributed by atoms with E-state index >= 15 is 0 Å². The van der Waals surface area contributed by atoms with Crippen molar-refractivity contribution in [3.8, 4) is 5.75 Å². The number of ether oxygens (including phenoxy) is 2. The van der Waals surface area contributed by atoms with Crippen LogP contribution in [0.2, 0.25) is 0 Å². The second-order valence-corrected chi connectivity index (χ2v) is 13.0. The van der Waals surface area contributed by atoms with Crippen molar-refractivity contribution in [3.05, 3.63) is 52.3 Å². The fraction of sp³-hybridized carbons (Fsp3) is 0.545. The minimum atomic E-state index is -5.22. The number of carbonyl (C=O) groups excluding carboxylic acids is 3. The number of hydrogen-bond acceptors (Lipinski definition) is 8. The Hall–Kier alpha value is -3.96. The van der Waals surface area contributed by atoms with Gasteiger partial charge in [0.25, 0.3) is 0 Å². The lowest BCUT2D eigenvalue weighted by atomic mass is 9.84. The molecular weight excluding hydrogens is 589 g/mol. The lowest BCUT2D eigenvalue weighted by molar-refractivity contribution is -0.201. The molecule has 2 aromatic rings. The molecule has 1 aromatic carbocycles. The summed E-state index contributed by atoms with van der Waals surface area (Å²) in [6.45, 7) is 8.38. The van der Waals surface area contributed by atoms with E-state index in [9.17, 15) is 27.6 Å². The van der Waals surface area contributed by atoms with Crippen LogP contribution in [0.15, 0.2) is 24.3 Å². The SMILES string of the molecule is CC(C)(C)c1cc(C(=O)CN2Cc3ccc(C4CC4)nc3C2=N)cc(N2CCCC2)c1OCCCCC(=O)OC(=O)C(F)(F)F. The van der Waals surface area contributed by atoms with Gasteiger partial charge in [0.15, 0.2) is 5.78 Å². The van der Waals surface area contributed by atoms with Crippen molar-refractivity contribution in [1.82, 2.24) is 9.88 Å². The Morgan fingerprint density at radius 3 is 2.40 bits per heavy atom. The lowest BCUT2D eigenvalue weighted by Crippen LogP contribution is -2.31. The molecule has 1 saturated heterocycles. The molecule has 5 rings (SSSR count). The fourth-order valence-corrected chi connectivity index (χ4v) is 5.71. The fourth-order valence-electron chi connectivity index (χ4n) is 5.71. The van der Waals surface area contributed by atoms with Crippen LogP contribution in [-0.4, -0.2) is 65.9 Å². The third-order valence-electron chi connectivity index (χ3n) is 8.34. The first kappa shape index (κ1) is 32.4. The van der Waals surface area contributed by atoms with Gasteiger partial charge >= 0.3 is 18.1 Å². The van der Waals surface area contributed by atoms with E-state index < -0.39 is 23.5 Å². The average Bonchev–Trinajstić information content (AvgIpc) is 3.59. The molecule has 45 heavy (non-hydrogen) atoms. The molecule has 1 saturated carbocycles. The van der Waals surface area contributed by atoms with Gasteiger partial charge < -0.3 is 19.3 Å². The van der Waals surface area contributed by atoms with Crippen LogP contribution in [-0.2, 0) is 26.3 Å². The van der Waals surface area contributed by atoms with Crippen molar-refractivity contribution in [2.24, 2.45) is 0 Å². The zero-order valence-electron chi connectivity index (χ0n) is 25.9. The number of esters is 2. The number of ketones is 1. The lowest BCUT2D eigenvalue weighted by Gasteiger charge is -2.30. The van der Waals surface area contributed by atoms with Gasteiger partial charge in [-0.25, -0.2) is 9.78 Å². The van der Waals surface area contributed by atoms with Crippen LogP contribution in [0.1, 0.15) is 105 Å². The molecule has 1 aliphatic carbocycles. The number of hydrogen-bond donors (Lipinski definition) is 1. The van der Waals surface area contributed by atoms with Crippen LogP contribution in [0.3, 0.4) is 0 Å². The normalized spacial score (nSPS) is 16.6. The van der Waals surface area contributed by atoms with Crippen molar-refractivity contribution in [2.45, 2.75) is 89.8 Å². The maximum absolute atomic E-state index is 13.8. The first-order valence-corrected chi connectivity index (χ1v) is 15.5. The predicted molar refractivity (Wildman–Crippen MR) is 161 cm³/mol. The van der Waals surface area contributed by atoms with Gasteiger partial charge in [0.05, 0.1) is 18.8 Å². The molecule has 0 amide bonds. The van der Waals surface area contributed by atoms with Gasteiger partial charge in [-0.1, -0.05) is 26.8 Å². The highest BCUT2D eigenvalue weighted by Gasteiger charge is 2.42. The van der Waals surface area contributed by atoms with Crippen LogP contribution >= 0.6 is 0 Å². The maximum atomic E-state index is 13.8. The summed E-state index contributed by atoms with van der Waals surface area (Å²) >= 11 is 0. The molecule has 0 unspecified atom stereocenters. The van der Waals surface area contributed by atoms with Crippen LogP contribution in [0.5, 0.6) is 5.75 Å². The Morgan fingerprint density at radius 1 is 1.04 bits per heavy atom. The highest BCUT2D eigenvalue weighted by atomic mass is 19.4. The Bertz CT molecular complexity index is 1490. The van der Waals surface area contributed by atoms with Crippen molar-refractivity contribution in [3.63, 3.8) is 0 Å². The average molecular weight is 629 g/mol. The number of pyridine rings is 1. The third kappa shape index (κ3) is 7.65. The molecule has 0 bridgehead atoms. The van der Waals surface area contributed by atoms with Crippen LogP contribution < -0.4 is 9.64 Å². The largest absolute Gasteiger partial charge is 0.491 e. The number of carbonyl (C=O) groups is 3. The van der Waals surface area contributed by atoms with Crippen LogP contribution in [0, 0.1) is 5.41 Å². The molecular formula is C33H39F3N4O5. The summed E-state index contributed by atoms with van der Waals surface area (Å²) in [4.78, 5) is 45.0. The number of rotatable bonds is 11. The highest BCUT2D eigenvalue weighted by Crippen LogP contribution is 2.42. The molecule has 0 spiro atoms. The molecule has 1 aromatic heterocycles. The molecule has 12 heteroatoms. The van der Waals surface area contributed by atoms with Gasteiger partial charge in [0.2, 0.25) is 0 Å². The zero-order chi connectivity index (χ0) is 32.5. The van der Waals surface area contributed by atoms with Gasteiger partial charge in [-0.05, 0) is 62.1 Å². The van der Waals surface area contributed by atoms with Gasteiger partial charge in [0.1, 0.15) is 17.3 Å². The van der Waals surface area contributed by atoms with Gasteiger partial charge in [0, 0.05) is 54.4 Å². The van der Waals surface area contributed by atoms with Crippen molar-refractivity contribution < 1.29 is 37.0 Å². The Kier molecular flexibility index (Phi) is 9.23. The molecule has 2 fully saturated rings. The monoisotopic (exact) mass is 628 g/mol. The number of anilines is 1. The smallest absolute Gasteiger partial charge is 0.491 e. The number of Topliss-reactive ketones (excluding diaryl/α,β-unsaturated/α-hetero) is 1. The summed E-state index contributed by atoms with van der Waals surface area (Å²) in [7, 11) is 0. The van der Waals surface area contributed by atoms with E-state index in [0.717, 1.165) is 61.3 Å². The number of benzene rings is 1. The Morgan fingerprint density at radius 2 is 1.76 bits per heavy atom. The Balaban J connectivity index is 1.29. The topological polar surface area (TPSA) is 113 Å². The summed E-state index contributed by atoms with van der Waals surface area (Å²) in [5.74, 6) is -2.49. The second-order valence-electron chi connectivity index (χ2n) is 13.0. The first-order valence-electron chi connectivity index (χ1n) is 15.5. The first-order chi connectivity index (χ1) is 21.2. The van der Waals surface area contributed by atoms with E-state index in [1.54, 1.807) is 4.90 Å². The molecule has 9 nitrogen and oxygen atoms in total. The minimum Gasteiger partial charge on any atom is -0.491 e. The van der Waals surface area contributed by atoms with E-state index in [0.29, 0.717) is 35.9 Å². The molecule has 242 valence electrons. The molecule has 3 aliphatic rings. The summed E-state index contributed by atoms with van der Waals surface area (Å²) in [5, 5.41) is 8.74. The van der Waals surface area contributed by atoms with Crippen molar-refractivity contribution >= 4 is 29.2 Å². The summed E-state index contributed by atoms with van der Waals surface area (Å²) in [6.07, 6.45) is -0.813. The number of amidine groups is 1. The number of nitrogens with one attached hydrogen (secondary N) is 1. The molecule has 2 aliphatic heterocycles. The molecule has 1 N–H and O–H groups in total. The number of alkyl halides is 3.